The molecule has 0 aliphatic rings. The molecule has 0 aliphatic carbocycles. The third-order valence-electron chi connectivity index (χ3n) is 6.67. The molecular weight excluding hydrogens is 584 g/mol. The SMILES string of the molecule is CCCCCCCCc1ccc(C(O)COCCOCCOCCOCCOCCOCCOCCOCCOCCO)cc1. The van der Waals surface area contributed by atoms with Crippen LogP contribution in [0.2, 0.25) is 0 Å². The maximum absolute atomic E-state index is 10.4. The molecule has 0 saturated carbocycles. The first-order valence-corrected chi connectivity index (χ1v) is 16.8. The summed E-state index contributed by atoms with van der Waals surface area (Å²) in [4.78, 5) is 0. The van der Waals surface area contributed by atoms with Crippen LogP contribution in [-0.2, 0) is 49.1 Å². The van der Waals surface area contributed by atoms with Gasteiger partial charge in [-0.15, -0.1) is 0 Å². The Morgan fingerprint density at radius 3 is 1.22 bits per heavy atom. The van der Waals surface area contributed by atoms with Crippen molar-refractivity contribution in [1.82, 2.24) is 0 Å². The molecule has 11 heteroatoms. The Morgan fingerprint density at radius 1 is 0.467 bits per heavy atom. The molecular formula is C34H62O11. The molecule has 1 aromatic carbocycles. The predicted molar refractivity (Wildman–Crippen MR) is 173 cm³/mol. The van der Waals surface area contributed by atoms with Gasteiger partial charge < -0.3 is 52.8 Å². The standard InChI is InChI=1S/C34H62O11/c1-2-3-4-5-6-7-8-32-9-11-33(12-10-32)34(36)31-45-30-29-44-28-27-43-26-25-42-24-23-41-22-21-40-20-19-39-18-17-38-16-15-37-14-13-35/h9-12,34-36H,2-8,13-31H2,1H3. The molecule has 0 bridgehead atoms. The summed E-state index contributed by atoms with van der Waals surface area (Å²) >= 11 is 0. The Bertz CT molecular complexity index is 708. The fourth-order valence-corrected chi connectivity index (χ4v) is 4.13. The van der Waals surface area contributed by atoms with Gasteiger partial charge in [-0.05, 0) is 24.0 Å². The maximum atomic E-state index is 10.4. The van der Waals surface area contributed by atoms with Crippen molar-refractivity contribution >= 4 is 0 Å². The van der Waals surface area contributed by atoms with Crippen molar-refractivity contribution in [2.24, 2.45) is 0 Å². The largest absolute Gasteiger partial charge is 0.394 e. The monoisotopic (exact) mass is 646 g/mol. The minimum Gasteiger partial charge on any atom is -0.394 e. The molecule has 264 valence electrons. The second-order valence-electron chi connectivity index (χ2n) is 10.5. The van der Waals surface area contributed by atoms with Gasteiger partial charge in [-0.25, -0.2) is 0 Å². The highest BCUT2D eigenvalue weighted by Crippen LogP contribution is 2.16. The van der Waals surface area contributed by atoms with E-state index in [0.29, 0.717) is 112 Å². The van der Waals surface area contributed by atoms with Crippen LogP contribution in [0.4, 0.5) is 0 Å². The highest BCUT2D eigenvalue weighted by molar-refractivity contribution is 5.24. The average Bonchev–Trinajstić information content (AvgIpc) is 3.06. The van der Waals surface area contributed by atoms with Crippen molar-refractivity contribution in [3.63, 3.8) is 0 Å². The summed E-state index contributed by atoms with van der Waals surface area (Å²) in [6, 6.07) is 8.24. The lowest BCUT2D eigenvalue weighted by Gasteiger charge is -2.13. The Balaban J connectivity index is 1.76. The van der Waals surface area contributed by atoms with Crippen molar-refractivity contribution < 1.29 is 52.8 Å². The van der Waals surface area contributed by atoms with Crippen LogP contribution >= 0.6 is 0 Å². The van der Waals surface area contributed by atoms with E-state index >= 15 is 0 Å². The molecule has 0 amide bonds. The Labute approximate surface area is 271 Å². The number of aliphatic hydroxyl groups excluding tert-OH is 2. The number of ether oxygens (including phenoxy) is 9. The maximum Gasteiger partial charge on any atom is 0.102 e. The van der Waals surface area contributed by atoms with Crippen LogP contribution in [0.1, 0.15) is 62.7 Å². The van der Waals surface area contributed by atoms with Crippen molar-refractivity contribution in [3.8, 4) is 0 Å². The lowest BCUT2D eigenvalue weighted by molar-refractivity contribution is -0.0283. The molecule has 0 aromatic heterocycles. The molecule has 0 fully saturated rings. The van der Waals surface area contributed by atoms with E-state index in [1.807, 2.05) is 12.1 Å². The fourth-order valence-electron chi connectivity index (χ4n) is 4.13. The van der Waals surface area contributed by atoms with Crippen LogP contribution in [0.25, 0.3) is 0 Å². The van der Waals surface area contributed by atoms with Gasteiger partial charge in [-0.3, -0.25) is 0 Å². The molecule has 0 aliphatic heterocycles. The van der Waals surface area contributed by atoms with Gasteiger partial charge in [0.2, 0.25) is 0 Å². The van der Waals surface area contributed by atoms with Crippen LogP contribution in [0, 0.1) is 0 Å². The normalized spacial score (nSPS) is 12.2. The second-order valence-corrected chi connectivity index (χ2v) is 10.5. The first-order valence-electron chi connectivity index (χ1n) is 16.8. The summed E-state index contributed by atoms with van der Waals surface area (Å²) in [7, 11) is 0. The molecule has 0 saturated heterocycles. The zero-order valence-electron chi connectivity index (χ0n) is 27.8. The summed E-state index contributed by atoms with van der Waals surface area (Å²) in [6.07, 6.45) is 8.27. The van der Waals surface area contributed by atoms with E-state index in [2.05, 4.69) is 19.1 Å². The Hall–Kier alpha value is -1.22. The number of benzene rings is 1. The van der Waals surface area contributed by atoms with Gasteiger partial charge in [0.1, 0.15) is 6.10 Å². The molecule has 1 unspecified atom stereocenters. The number of rotatable bonds is 36. The summed E-state index contributed by atoms with van der Waals surface area (Å²) in [5.41, 5.74) is 2.21. The van der Waals surface area contributed by atoms with Crippen molar-refractivity contribution in [3.05, 3.63) is 35.4 Å². The molecule has 11 nitrogen and oxygen atoms in total. The molecule has 1 aromatic rings. The first-order chi connectivity index (χ1) is 22.3. The number of hydrogen-bond acceptors (Lipinski definition) is 11. The zero-order valence-corrected chi connectivity index (χ0v) is 27.8. The van der Waals surface area contributed by atoms with Crippen LogP contribution in [0.5, 0.6) is 0 Å². The average molecular weight is 647 g/mol. The topological polar surface area (TPSA) is 124 Å². The van der Waals surface area contributed by atoms with Crippen molar-refractivity contribution in [2.45, 2.75) is 58.0 Å². The van der Waals surface area contributed by atoms with Crippen molar-refractivity contribution in [2.75, 3.05) is 126 Å². The number of hydrogen-bond donors (Lipinski definition) is 2. The summed E-state index contributed by atoms with van der Waals surface area (Å²) < 4.78 is 48.8. The third kappa shape index (κ3) is 28.7. The Morgan fingerprint density at radius 2 is 0.822 bits per heavy atom. The van der Waals surface area contributed by atoms with Crippen LogP contribution in [-0.4, -0.2) is 136 Å². The summed E-state index contributed by atoms with van der Waals surface area (Å²) in [6.45, 7) is 10.7. The lowest BCUT2D eigenvalue weighted by atomic mass is 10.0. The fraction of sp³-hybridized carbons (Fsp3) is 0.824. The number of unbranched alkanes of at least 4 members (excludes halogenated alkanes) is 5. The van der Waals surface area contributed by atoms with Crippen LogP contribution in [0.15, 0.2) is 24.3 Å². The van der Waals surface area contributed by atoms with E-state index in [4.69, 9.17) is 47.7 Å². The lowest BCUT2D eigenvalue weighted by Crippen LogP contribution is -2.15. The Kier molecular flexibility index (Phi) is 31.7. The number of aliphatic hydroxyl groups is 2. The van der Waals surface area contributed by atoms with Gasteiger partial charge >= 0.3 is 0 Å². The zero-order chi connectivity index (χ0) is 32.3. The van der Waals surface area contributed by atoms with Gasteiger partial charge in [0.25, 0.3) is 0 Å². The molecule has 0 spiro atoms. The highest BCUT2D eigenvalue weighted by Gasteiger charge is 2.08. The highest BCUT2D eigenvalue weighted by atomic mass is 16.6. The van der Waals surface area contributed by atoms with Crippen LogP contribution in [0.3, 0.4) is 0 Å². The van der Waals surface area contributed by atoms with E-state index in [-0.39, 0.29) is 13.2 Å². The minimum atomic E-state index is -0.632. The van der Waals surface area contributed by atoms with E-state index in [9.17, 15) is 5.11 Å². The van der Waals surface area contributed by atoms with Gasteiger partial charge in [0, 0.05) is 0 Å². The smallest absolute Gasteiger partial charge is 0.102 e. The van der Waals surface area contributed by atoms with Gasteiger partial charge in [-0.1, -0.05) is 63.3 Å². The molecule has 1 rings (SSSR count). The van der Waals surface area contributed by atoms with E-state index in [0.717, 1.165) is 12.0 Å². The molecule has 2 N–H and O–H groups in total. The quantitative estimate of drug-likeness (QED) is 0.104. The number of aryl methyl sites for hydroxylation is 1. The third-order valence-corrected chi connectivity index (χ3v) is 6.67. The predicted octanol–water partition coefficient (Wildman–Crippen LogP) is 3.76. The molecule has 1 atom stereocenters. The van der Waals surface area contributed by atoms with Crippen molar-refractivity contribution in [1.29, 1.82) is 0 Å². The van der Waals surface area contributed by atoms with Gasteiger partial charge in [0.15, 0.2) is 0 Å². The molecule has 0 heterocycles. The minimum absolute atomic E-state index is 0.0254. The first kappa shape index (κ1) is 41.8. The van der Waals surface area contributed by atoms with E-state index in [1.54, 1.807) is 0 Å². The van der Waals surface area contributed by atoms with Gasteiger partial charge in [-0.2, -0.15) is 0 Å². The van der Waals surface area contributed by atoms with Gasteiger partial charge in [0.05, 0.1) is 126 Å². The second kappa shape index (κ2) is 34.1. The molecule has 0 radical (unpaired) electrons. The molecule has 45 heavy (non-hydrogen) atoms. The van der Waals surface area contributed by atoms with Crippen LogP contribution < -0.4 is 0 Å². The van der Waals surface area contributed by atoms with E-state index in [1.165, 1.54) is 44.1 Å². The van der Waals surface area contributed by atoms with E-state index < -0.39 is 6.10 Å². The summed E-state index contributed by atoms with van der Waals surface area (Å²) in [5, 5.41) is 19.0. The summed E-state index contributed by atoms with van der Waals surface area (Å²) in [5.74, 6) is 0.